The van der Waals surface area contributed by atoms with Gasteiger partial charge in [-0.05, 0) is 18.2 Å². The standard InChI is InChI=1S/C10H10FNO/c11-10-5-4-9(13)7-8(10)3-1-2-6-12/h4-5,7,13H,2,6,12H2. The van der Waals surface area contributed by atoms with Crippen LogP contribution in [0.25, 0.3) is 0 Å². The maximum Gasteiger partial charge on any atom is 0.139 e. The zero-order valence-corrected chi connectivity index (χ0v) is 7.05. The van der Waals surface area contributed by atoms with Crippen LogP contribution >= 0.6 is 0 Å². The lowest BCUT2D eigenvalue weighted by molar-refractivity contribution is 0.472. The van der Waals surface area contributed by atoms with E-state index in [-0.39, 0.29) is 11.3 Å². The van der Waals surface area contributed by atoms with Gasteiger partial charge in [-0.1, -0.05) is 11.8 Å². The third-order valence-corrected chi connectivity index (χ3v) is 1.44. The van der Waals surface area contributed by atoms with E-state index in [1.165, 1.54) is 18.2 Å². The molecule has 3 N–H and O–H groups in total. The lowest BCUT2D eigenvalue weighted by atomic mass is 10.2. The second-order valence-electron chi connectivity index (χ2n) is 2.50. The minimum atomic E-state index is -0.428. The third-order valence-electron chi connectivity index (χ3n) is 1.44. The van der Waals surface area contributed by atoms with Crippen molar-refractivity contribution in [2.24, 2.45) is 5.73 Å². The molecular weight excluding hydrogens is 169 g/mol. The number of hydrogen-bond donors (Lipinski definition) is 2. The Morgan fingerprint density at radius 3 is 2.92 bits per heavy atom. The Labute approximate surface area is 76.2 Å². The quantitative estimate of drug-likeness (QED) is 0.637. The molecule has 0 aliphatic carbocycles. The summed E-state index contributed by atoms with van der Waals surface area (Å²) < 4.78 is 13.0. The van der Waals surface area contributed by atoms with Gasteiger partial charge in [0, 0.05) is 13.0 Å². The third kappa shape index (κ3) is 2.77. The van der Waals surface area contributed by atoms with Crippen LogP contribution in [0.1, 0.15) is 12.0 Å². The van der Waals surface area contributed by atoms with Gasteiger partial charge in [-0.25, -0.2) is 4.39 Å². The zero-order chi connectivity index (χ0) is 9.68. The maximum atomic E-state index is 13.0. The molecule has 1 aromatic carbocycles. The topological polar surface area (TPSA) is 46.2 Å². The number of aromatic hydroxyl groups is 1. The fourth-order valence-corrected chi connectivity index (χ4v) is 0.839. The first-order chi connectivity index (χ1) is 6.24. The Morgan fingerprint density at radius 2 is 2.23 bits per heavy atom. The van der Waals surface area contributed by atoms with Crippen molar-refractivity contribution in [2.75, 3.05) is 6.54 Å². The van der Waals surface area contributed by atoms with Gasteiger partial charge in [-0.2, -0.15) is 0 Å². The van der Waals surface area contributed by atoms with Crippen LogP contribution in [0.5, 0.6) is 5.75 Å². The van der Waals surface area contributed by atoms with Crippen molar-refractivity contribution < 1.29 is 9.50 Å². The average Bonchev–Trinajstić information content (AvgIpc) is 2.11. The highest BCUT2D eigenvalue weighted by Gasteiger charge is 1.98. The summed E-state index contributed by atoms with van der Waals surface area (Å²) in [5.41, 5.74) is 5.42. The fourth-order valence-electron chi connectivity index (χ4n) is 0.839. The molecule has 0 heterocycles. The Hall–Kier alpha value is -1.53. The lowest BCUT2D eigenvalue weighted by Gasteiger charge is -1.94. The summed E-state index contributed by atoms with van der Waals surface area (Å²) in [4.78, 5) is 0. The van der Waals surface area contributed by atoms with Crippen LogP contribution in [0.4, 0.5) is 4.39 Å². The predicted octanol–water partition coefficient (Wildman–Crippen LogP) is 1.23. The Bertz CT molecular complexity index is 352. The molecule has 3 heteroatoms. The van der Waals surface area contributed by atoms with E-state index in [0.29, 0.717) is 13.0 Å². The van der Waals surface area contributed by atoms with Crippen molar-refractivity contribution in [1.82, 2.24) is 0 Å². The minimum absolute atomic E-state index is 0.0125. The highest BCUT2D eigenvalue weighted by atomic mass is 19.1. The van der Waals surface area contributed by atoms with Gasteiger partial charge in [-0.3, -0.25) is 0 Å². The summed E-state index contributed by atoms with van der Waals surface area (Å²) in [5, 5.41) is 9.03. The first kappa shape index (κ1) is 9.56. The molecule has 0 aliphatic rings. The predicted molar refractivity (Wildman–Crippen MR) is 48.6 cm³/mol. The van der Waals surface area contributed by atoms with Gasteiger partial charge in [0.15, 0.2) is 0 Å². The van der Waals surface area contributed by atoms with Crippen molar-refractivity contribution in [2.45, 2.75) is 6.42 Å². The summed E-state index contributed by atoms with van der Waals surface area (Å²) >= 11 is 0. The summed E-state index contributed by atoms with van der Waals surface area (Å²) in [7, 11) is 0. The molecular formula is C10H10FNO. The molecule has 0 spiro atoms. The van der Waals surface area contributed by atoms with E-state index in [4.69, 9.17) is 10.8 Å². The first-order valence-electron chi connectivity index (χ1n) is 3.91. The summed E-state index contributed by atoms with van der Waals surface area (Å²) in [5.74, 6) is 4.87. The van der Waals surface area contributed by atoms with Gasteiger partial charge in [-0.15, -0.1) is 0 Å². The Balaban J connectivity index is 2.89. The Kier molecular flexibility index (Phi) is 3.30. The van der Waals surface area contributed by atoms with Crippen LogP contribution in [0.15, 0.2) is 18.2 Å². The lowest BCUT2D eigenvalue weighted by Crippen LogP contribution is -1.95. The van der Waals surface area contributed by atoms with E-state index in [1.54, 1.807) is 0 Å². The number of phenols is 1. The van der Waals surface area contributed by atoms with Gasteiger partial charge in [0.1, 0.15) is 11.6 Å². The number of rotatable bonds is 1. The second kappa shape index (κ2) is 4.48. The minimum Gasteiger partial charge on any atom is -0.508 e. The van der Waals surface area contributed by atoms with Crippen molar-refractivity contribution >= 4 is 0 Å². The molecule has 0 aliphatic heterocycles. The maximum absolute atomic E-state index is 13.0. The molecule has 0 fully saturated rings. The summed E-state index contributed by atoms with van der Waals surface area (Å²) in [6.45, 7) is 0.452. The largest absolute Gasteiger partial charge is 0.508 e. The van der Waals surface area contributed by atoms with E-state index in [9.17, 15) is 4.39 Å². The van der Waals surface area contributed by atoms with E-state index in [0.717, 1.165) is 0 Å². The molecule has 1 rings (SSSR count). The molecule has 0 amide bonds. The average molecular weight is 179 g/mol. The van der Waals surface area contributed by atoms with Crippen LogP contribution in [0.3, 0.4) is 0 Å². The normalized spacial score (nSPS) is 9.08. The van der Waals surface area contributed by atoms with Crippen LogP contribution in [-0.4, -0.2) is 11.7 Å². The van der Waals surface area contributed by atoms with Crippen molar-refractivity contribution in [3.8, 4) is 17.6 Å². The molecule has 2 nitrogen and oxygen atoms in total. The summed E-state index contributed by atoms with van der Waals surface area (Å²) in [6, 6.07) is 3.75. The monoisotopic (exact) mass is 179 g/mol. The van der Waals surface area contributed by atoms with Gasteiger partial charge in [0.25, 0.3) is 0 Å². The second-order valence-corrected chi connectivity index (χ2v) is 2.50. The van der Waals surface area contributed by atoms with Crippen LogP contribution in [0, 0.1) is 17.7 Å². The number of nitrogens with two attached hydrogens (primary N) is 1. The number of hydrogen-bond acceptors (Lipinski definition) is 2. The van der Waals surface area contributed by atoms with E-state index in [1.807, 2.05) is 0 Å². The number of halogens is 1. The van der Waals surface area contributed by atoms with Crippen LogP contribution in [-0.2, 0) is 0 Å². The zero-order valence-electron chi connectivity index (χ0n) is 7.05. The van der Waals surface area contributed by atoms with E-state index >= 15 is 0 Å². The van der Waals surface area contributed by atoms with Crippen LogP contribution in [0.2, 0.25) is 0 Å². The number of benzene rings is 1. The number of phenolic OH excluding ortho intramolecular Hbond substituents is 1. The molecule has 1 aromatic rings. The summed E-state index contributed by atoms with van der Waals surface area (Å²) in [6.07, 6.45) is 0.523. The molecule has 68 valence electrons. The molecule has 0 unspecified atom stereocenters. The van der Waals surface area contributed by atoms with Gasteiger partial charge < -0.3 is 10.8 Å². The molecule has 0 saturated carbocycles. The van der Waals surface area contributed by atoms with Gasteiger partial charge in [0.2, 0.25) is 0 Å². The molecule has 0 aromatic heterocycles. The highest BCUT2D eigenvalue weighted by molar-refractivity contribution is 5.40. The van der Waals surface area contributed by atoms with E-state index < -0.39 is 5.82 Å². The molecule has 0 atom stereocenters. The molecule has 13 heavy (non-hydrogen) atoms. The van der Waals surface area contributed by atoms with Crippen LogP contribution < -0.4 is 5.73 Å². The van der Waals surface area contributed by atoms with Crippen molar-refractivity contribution in [1.29, 1.82) is 0 Å². The molecule has 0 radical (unpaired) electrons. The van der Waals surface area contributed by atoms with Gasteiger partial charge in [0.05, 0.1) is 5.56 Å². The van der Waals surface area contributed by atoms with Crippen molar-refractivity contribution in [3.05, 3.63) is 29.6 Å². The van der Waals surface area contributed by atoms with Crippen molar-refractivity contribution in [3.63, 3.8) is 0 Å². The smallest absolute Gasteiger partial charge is 0.139 e. The fraction of sp³-hybridized carbons (Fsp3) is 0.200. The highest BCUT2D eigenvalue weighted by Crippen LogP contribution is 2.13. The van der Waals surface area contributed by atoms with E-state index in [2.05, 4.69) is 11.8 Å². The molecule has 0 saturated heterocycles. The Morgan fingerprint density at radius 1 is 1.46 bits per heavy atom. The molecule has 0 bridgehead atoms. The first-order valence-corrected chi connectivity index (χ1v) is 3.91. The SMILES string of the molecule is NCCC#Cc1cc(O)ccc1F. The van der Waals surface area contributed by atoms with Gasteiger partial charge >= 0.3 is 0 Å².